The van der Waals surface area contributed by atoms with Gasteiger partial charge in [-0.1, -0.05) is 43.2 Å². The predicted octanol–water partition coefficient (Wildman–Crippen LogP) is 1.65. The second-order valence-electron chi connectivity index (χ2n) is 4.96. The molecule has 1 aromatic rings. The second-order valence-corrected chi connectivity index (χ2v) is 4.96. The largest absolute Gasteiger partial charge is 0.394 e. The van der Waals surface area contributed by atoms with Crippen molar-refractivity contribution in [1.29, 1.82) is 0 Å². The van der Waals surface area contributed by atoms with Crippen LogP contribution in [0.15, 0.2) is 30.3 Å². The fraction of sp³-hybridized carbons (Fsp3) is 0.571. The molecular weight excluding hydrogens is 214 g/mol. The Morgan fingerprint density at radius 3 is 2.59 bits per heavy atom. The second kappa shape index (κ2) is 5.63. The topological polar surface area (TPSA) is 55.5 Å². The summed E-state index contributed by atoms with van der Waals surface area (Å²) in [7, 11) is 0. The Labute approximate surface area is 103 Å². The maximum atomic E-state index is 9.45. The summed E-state index contributed by atoms with van der Waals surface area (Å²) in [5.41, 5.74) is 6.33. The van der Waals surface area contributed by atoms with Gasteiger partial charge in [0.15, 0.2) is 0 Å². The van der Waals surface area contributed by atoms with E-state index < -0.39 is 5.54 Å². The summed E-state index contributed by atoms with van der Waals surface area (Å²) in [5.74, 6) is 0.869. The molecular formula is C14H21NO2. The zero-order valence-corrected chi connectivity index (χ0v) is 10.1. The molecule has 3 nitrogen and oxygen atoms in total. The van der Waals surface area contributed by atoms with Crippen LogP contribution in [0.25, 0.3) is 0 Å². The first-order chi connectivity index (χ1) is 8.24. The highest BCUT2D eigenvalue weighted by Gasteiger charge is 2.27. The maximum Gasteiger partial charge on any atom is 0.0881 e. The molecule has 1 atom stereocenters. The smallest absolute Gasteiger partial charge is 0.0881 e. The number of aliphatic hydroxyl groups excluding tert-OH is 1. The minimum atomic E-state index is -0.773. The molecule has 17 heavy (non-hydrogen) atoms. The van der Waals surface area contributed by atoms with Crippen LogP contribution in [0.4, 0.5) is 0 Å². The van der Waals surface area contributed by atoms with Crippen molar-refractivity contribution < 1.29 is 9.84 Å². The van der Waals surface area contributed by atoms with Gasteiger partial charge in [0.05, 0.1) is 18.8 Å². The third-order valence-corrected chi connectivity index (χ3v) is 3.36. The highest BCUT2D eigenvalue weighted by molar-refractivity contribution is 5.24. The highest BCUT2D eigenvalue weighted by atomic mass is 16.5. The zero-order valence-electron chi connectivity index (χ0n) is 10.1. The highest BCUT2D eigenvalue weighted by Crippen LogP contribution is 2.32. The van der Waals surface area contributed by atoms with Crippen LogP contribution < -0.4 is 5.73 Å². The summed E-state index contributed by atoms with van der Waals surface area (Å²) < 4.78 is 5.61. The molecule has 0 spiro atoms. The van der Waals surface area contributed by atoms with E-state index in [-0.39, 0.29) is 6.61 Å². The Balaban J connectivity index is 1.84. The van der Waals surface area contributed by atoms with E-state index in [4.69, 9.17) is 10.5 Å². The van der Waals surface area contributed by atoms with E-state index in [0.717, 1.165) is 24.5 Å². The molecule has 1 saturated carbocycles. The monoisotopic (exact) mass is 235 g/mol. The van der Waals surface area contributed by atoms with Gasteiger partial charge in [-0.05, 0) is 17.9 Å². The normalized spacial score (nSPS) is 18.9. The first-order valence-electron chi connectivity index (χ1n) is 6.27. The quantitative estimate of drug-likeness (QED) is 0.707. The van der Waals surface area contributed by atoms with Crippen LogP contribution in [-0.2, 0) is 10.3 Å². The van der Waals surface area contributed by atoms with E-state index in [2.05, 4.69) is 0 Å². The lowest BCUT2D eigenvalue weighted by atomic mass is 9.93. The first kappa shape index (κ1) is 12.6. The third-order valence-electron chi connectivity index (χ3n) is 3.36. The van der Waals surface area contributed by atoms with Gasteiger partial charge in [0.1, 0.15) is 0 Å². The Morgan fingerprint density at radius 1 is 1.29 bits per heavy atom. The summed E-state index contributed by atoms with van der Waals surface area (Å²) in [6.07, 6.45) is 3.81. The van der Waals surface area contributed by atoms with E-state index in [9.17, 15) is 5.11 Å². The van der Waals surface area contributed by atoms with Crippen LogP contribution in [0.3, 0.4) is 0 Å². The summed E-state index contributed by atoms with van der Waals surface area (Å²) in [5, 5.41) is 9.45. The molecule has 3 heteroatoms. The Hall–Kier alpha value is -0.900. The fourth-order valence-corrected chi connectivity index (χ4v) is 1.90. The molecule has 0 aliphatic heterocycles. The van der Waals surface area contributed by atoms with Crippen molar-refractivity contribution in [3.63, 3.8) is 0 Å². The third kappa shape index (κ3) is 3.53. The van der Waals surface area contributed by atoms with Crippen molar-refractivity contribution in [3.05, 3.63) is 35.9 Å². The Bertz CT molecular complexity index is 337. The molecule has 1 unspecified atom stereocenters. The molecule has 0 heterocycles. The molecule has 0 bridgehead atoms. The van der Waals surface area contributed by atoms with E-state index in [1.807, 2.05) is 30.3 Å². The van der Waals surface area contributed by atoms with Crippen LogP contribution in [0.2, 0.25) is 0 Å². The summed E-state index contributed by atoms with van der Waals surface area (Å²) in [6.45, 7) is 1.02. The van der Waals surface area contributed by atoms with Gasteiger partial charge in [-0.2, -0.15) is 0 Å². The molecule has 1 aliphatic carbocycles. The van der Waals surface area contributed by atoms with Crippen LogP contribution >= 0.6 is 0 Å². The minimum Gasteiger partial charge on any atom is -0.394 e. The SMILES string of the molecule is NC(CO)(COCCC1CC1)c1ccccc1. The number of benzene rings is 1. The predicted molar refractivity (Wildman–Crippen MR) is 67.6 cm³/mol. The van der Waals surface area contributed by atoms with E-state index >= 15 is 0 Å². The molecule has 2 rings (SSSR count). The molecule has 1 fully saturated rings. The van der Waals surface area contributed by atoms with Crippen LogP contribution in [-0.4, -0.2) is 24.9 Å². The van der Waals surface area contributed by atoms with Crippen LogP contribution in [0, 0.1) is 5.92 Å². The molecule has 0 saturated heterocycles. The number of rotatable bonds is 7. The Morgan fingerprint density at radius 2 is 2.00 bits per heavy atom. The summed E-state index contributed by atoms with van der Waals surface area (Å²) >= 11 is 0. The number of hydrogen-bond donors (Lipinski definition) is 2. The molecule has 0 amide bonds. The van der Waals surface area contributed by atoms with Crippen molar-refractivity contribution in [2.45, 2.75) is 24.8 Å². The number of nitrogens with two attached hydrogens (primary N) is 1. The molecule has 1 aromatic carbocycles. The lowest BCUT2D eigenvalue weighted by Gasteiger charge is -2.27. The molecule has 0 radical (unpaired) electrons. The minimum absolute atomic E-state index is 0.0968. The van der Waals surface area contributed by atoms with E-state index in [1.54, 1.807) is 0 Å². The van der Waals surface area contributed by atoms with Crippen molar-refractivity contribution >= 4 is 0 Å². The van der Waals surface area contributed by atoms with Gasteiger partial charge in [-0.15, -0.1) is 0 Å². The number of hydrogen-bond acceptors (Lipinski definition) is 3. The van der Waals surface area contributed by atoms with Gasteiger partial charge in [-0.25, -0.2) is 0 Å². The Kier molecular flexibility index (Phi) is 4.15. The van der Waals surface area contributed by atoms with Gasteiger partial charge < -0.3 is 15.6 Å². The van der Waals surface area contributed by atoms with Crippen LogP contribution in [0.5, 0.6) is 0 Å². The average molecular weight is 235 g/mol. The van der Waals surface area contributed by atoms with Crippen molar-refractivity contribution in [3.8, 4) is 0 Å². The fourth-order valence-electron chi connectivity index (χ4n) is 1.90. The molecule has 94 valence electrons. The average Bonchev–Trinajstić information content (AvgIpc) is 3.19. The van der Waals surface area contributed by atoms with Gasteiger partial charge in [-0.3, -0.25) is 0 Å². The van der Waals surface area contributed by atoms with Crippen molar-refractivity contribution in [2.75, 3.05) is 19.8 Å². The lowest BCUT2D eigenvalue weighted by Crippen LogP contribution is -2.45. The van der Waals surface area contributed by atoms with Crippen molar-refractivity contribution in [1.82, 2.24) is 0 Å². The van der Waals surface area contributed by atoms with E-state index in [0.29, 0.717) is 6.61 Å². The molecule has 3 N–H and O–H groups in total. The van der Waals surface area contributed by atoms with Gasteiger partial charge in [0, 0.05) is 6.61 Å². The molecule has 0 aromatic heterocycles. The van der Waals surface area contributed by atoms with Crippen LogP contribution in [0.1, 0.15) is 24.8 Å². The standard InChI is InChI=1S/C14H21NO2/c15-14(10-16,13-4-2-1-3-5-13)11-17-9-8-12-6-7-12/h1-5,12,16H,6-11,15H2. The van der Waals surface area contributed by atoms with Gasteiger partial charge in [0.2, 0.25) is 0 Å². The molecule has 1 aliphatic rings. The summed E-state index contributed by atoms with van der Waals surface area (Å²) in [6, 6.07) is 9.66. The number of aliphatic hydroxyl groups is 1. The summed E-state index contributed by atoms with van der Waals surface area (Å²) in [4.78, 5) is 0. The van der Waals surface area contributed by atoms with Crippen molar-refractivity contribution in [2.24, 2.45) is 11.7 Å². The maximum absolute atomic E-state index is 9.45. The number of ether oxygens (including phenoxy) is 1. The van der Waals surface area contributed by atoms with Gasteiger partial charge in [0.25, 0.3) is 0 Å². The zero-order chi connectivity index (χ0) is 12.1. The van der Waals surface area contributed by atoms with E-state index in [1.165, 1.54) is 12.8 Å². The lowest BCUT2D eigenvalue weighted by molar-refractivity contribution is 0.0507. The first-order valence-corrected chi connectivity index (χ1v) is 6.27. The van der Waals surface area contributed by atoms with Gasteiger partial charge >= 0.3 is 0 Å².